The molecule has 4 aromatic rings. The summed E-state index contributed by atoms with van der Waals surface area (Å²) in [6.45, 7) is 9.07. The fourth-order valence-corrected chi connectivity index (χ4v) is 5.02. The second-order valence-corrected chi connectivity index (χ2v) is 9.35. The van der Waals surface area contributed by atoms with Gasteiger partial charge in [0.05, 0.1) is 5.69 Å². The van der Waals surface area contributed by atoms with Gasteiger partial charge in [-0.05, 0) is 55.6 Å². The van der Waals surface area contributed by atoms with E-state index in [2.05, 4.69) is 59.2 Å². The van der Waals surface area contributed by atoms with Gasteiger partial charge in [-0.3, -0.25) is 4.79 Å². The first kappa shape index (κ1) is 21.7. The van der Waals surface area contributed by atoms with E-state index in [-0.39, 0.29) is 5.56 Å². The number of likely N-dealkylation sites (N-methyl/N-ethyl adjacent to an activating group) is 1. The molecule has 0 aliphatic carbocycles. The largest absolute Gasteiger partial charge is 0.369 e. The van der Waals surface area contributed by atoms with Crippen LogP contribution >= 0.6 is 11.3 Å². The molecule has 0 bridgehead atoms. The first-order chi connectivity index (χ1) is 16.0. The summed E-state index contributed by atoms with van der Waals surface area (Å²) in [5.74, 6) is 0.479. The van der Waals surface area contributed by atoms with Crippen LogP contribution in [0.25, 0.3) is 16.7 Å². The zero-order valence-corrected chi connectivity index (χ0v) is 20.1. The third-order valence-electron chi connectivity index (χ3n) is 6.16. The molecule has 0 amide bonds. The van der Waals surface area contributed by atoms with E-state index >= 15 is 0 Å². The van der Waals surface area contributed by atoms with Crippen molar-refractivity contribution in [1.82, 2.24) is 24.2 Å². The standard InChI is InChI=1S/C24H29N7OS/c1-4-8-30-23(32)20-15-25-24(27-22(20)31(30)19-7-13-33-16-19)26-18-5-6-21(17(2)14-18)29-11-9-28(3)10-12-29/h5-7,13-16H,4,8-12H2,1-3H3,(H,25,26,27). The van der Waals surface area contributed by atoms with E-state index in [4.69, 9.17) is 4.98 Å². The molecule has 0 saturated carbocycles. The van der Waals surface area contributed by atoms with E-state index in [9.17, 15) is 4.79 Å². The minimum Gasteiger partial charge on any atom is -0.369 e. The zero-order chi connectivity index (χ0) is 22.9. The molecule has 172 valence electrons. The van der Waals surface area contributed by atoms with Crippen LogP contribution in [0.2, 0.25) is 0 Å². The average molecular weight is 464 g/mol. The molecule has 1 fully saturated rings. The van der Waals surface area contributed by atoms with Gasteiger partial charge in [0, 0.05) is 55.7 Å². The Hall–Kier alpha value is -3.17. The highest BCUT2D eigenvalue weighted by Crippen LogP contribution is 2.26. The maximum atomic E-state index is 13.0. The summed E-state index contributed by atoms with van der Waals surface area (Å²) in [4.78, 5) is 27.0. The molecular formula is C24H29N7OS. The Morgan fingerprint density at radius 1 is 1.15 bits per heavy atom. The lowest BCUT2D eigenvalue weighted by Crippen LogP contribution is -2.44. The Morgan fingerprint density at radius 3 is 2.67 bits per heavy atom. The summed E-state index contributed by atoms with van der Waals surface area (Å²) in [6, 6.07) is 8.38. The van der Waals surface area contributed by atoms with E-state index in [1.54, 1.807) is 22.2 Å². The highest BCUT2D eigenvalue weighted by molar-refractivity contribution is 7.08. The van der Waals surface area contributed by atoms with Crippen LogP contribution in [0.15, 0.2) is 46.0 Å². The van der Waals surface area contributed by atoms with Gasteiger partial charge in [0.15, 0.2) is 5.65 Å². The number of anilines is 3. The molecule has 0 unspecified atom stereocenters. The Balaban J connectivity index is 1.47. The summed E-state index contributed by atoms with van der Waals surface area (Å²) >= 11 is 1.60. The summed E-state index contributed by atoms with van der Waals surface area (Å²) in [5, 5.41) is 7.90. The Labute approximate surface area is 197 Å². The summed E-state index contributed by atoms with van der Waals surface area (Å²) < 4.78 is 3.66. The number of fused-ring (bicyclic) bond motifs is 1. The van der Waals surface area contributed by atoms with Gasteiger partial charge in [0.1, 0.15) is 5.39 Å². The molecule has 0 radical (unpaired) electrons. The number of rotatable bonds is 6. The van der Waals surface area contributed by atoms with Crippen molar-refractivity contribution in [2.75, 3.05) is 43.4 Å². The lowest BCUT2D eigenvalue weighted by molar-refractivity contribution is 0.312. The molecule has 1 aromatic carbocycles. The fraction of sp³-hybridized carbons (Fsp3) is 0.375. The molecule has 8 nitrogen and oxygen atoms in total. The Bertz CT molecular complexity index is 1320. The van der Waals surface area contributed by atoms with Gasteiger partial charge in [0.2, 0.25) is 5.95 Å². The van der Waals surface area contributed by atoms with E-state index in [1.807, 2.05) is 21.5 Å². The van der Waals surface area contributed by atoms with Crippen LogP contribution in [0, 0.1) is 6.92 Å². The van der Waals surface area contributed by atoms with E-state index in [0.29, 0.717) is 23.5 Å². The Morgan fingerprint density at radius 2 is 1.97 bits per heavy atom. The number of nitrogens with zero attached hydrogens (tertiary/aromatic N) is 6. The monoisotopic (exact) mass is 463 g/mol. The quantitative estimate of drug-likeness (QED) is 0.468. The van der Waals surface area contributed by atoms with Crippen LogP contribution in [-0.4, -0.2) is 57.5 Å². The number of thiophene rings is 1. The molecule has 4 heterocycles. The van der Waals surface area contributed by atoms with Crippen LogP contribution in [0.1, 0.15) is 18.9 Å². The van der Waals surface area contributed by atoms with Crippen molar-refractivity contribution in [1.29, 1.82) is 0 Å². The van der Waals surface area contributed by atoms with Crippen molar-refractivity contribution in [2.45, 2.75) is 26.8 Å². The molecule has 0 atom stereocenters. The molecular weight excluding hydrogens is 434 g/mol. The van der Waals surface area contributed by atoms with Gasteiger partial charge in [-0.2, -0.15) is 16.3 Å². The van der Waals surface area contributed by atoms with Crippen molar-refractivity contribution in [3.05, 3.63) is 57.1 Å². The Kier molecular flexibility index (Phi) is 5.90. The van der Waals surface area contributed by atoms with Gasteiger partial charge >= 0.3 is 0 Å². The van der Waals surface area contributed by atoms with E-state index < -0.39 is 0 Å². The normalized spacial score (nSPS) is 14.8. The van der Waals surface area contributed by atoms with Crippen molar-refractivity contribution in [3.63, 3.8) is 0 Å². The molecule has 1 saturated heterocycles. The van der Waals surface area contributed by atoms with E-state index in [0.717, 1.165) is 44.0 Å². The van der Waals surface area contributed by atoms with Crippen molar-refractivity contribution in [2.24, 2.45) is 0 Å². The van der Waals surface area contributed by atoms with Gasteiger partial charge in [-0.15, -0.1) is 0 Å². The van der Waals surface area contributed by atoms with Gasteiger partial charge < -0.3 is 15.1 Å². The maximum Gasteiger partial charge on any atom is 0.278 e. The summed E-state index contributed by atoms with van der Waals surface area (Å²) in [5.41, 5.74) is 4.93. The van der Waals surface area contributed by atoms with Gasteiger partial charge in [0.25, 0.3) is 5.56 Å². The highest BCUT2D eigenvalue weighted by atomic mass is 32.1. The second-order valence-electron chi connectivity index (χ2n) is 8.57. The molecule has 1 aliphatic rings. The number of hydrogen-bond acceptors (Lipinski definition) is 7. The maximum absolute atomic E-state index is 13.0. The van der Waals surface area contributed by atoms with Gasteiger partial charge in [-0.25, -0.2) is 14.3 Å². The number of aryl methyl sites for hydroxylation is 1. The van der Waals surface area contributed by atoms with Crippen LogP contribution in [0.3, 0.4) is 0 Å². The number of hydrogen-bond donors (Lipinski definition) is 1. The molecule has 9 heteroatoms. The smallest absolute Gasteiger partial charge is 0.278 e. The fourth-order valence-electron chi connectivity index (χ4n) is 4.41. The predicted octanol–water partition coefficient (Wildman–Crippen LogP) is 3.86. The molecule has 0 spiro atoms. The number of nitrogens with one attached hydrogen (secondary N) is 1. The minimum atomic E-state index is -0.0584. The number of aromatic nitrogens is 4. The predicted molar refractivity (Wildman–Crippen MR) is 135 cm³/mol. The minimum absolute atomic E-state index is 0.0584. The molecule has 33 heavy (non-hydrogen) atoms. The molecule has 5 rings (SSSR count). The lowest BCUT2D eigenvalue weighted by Gasteiger charge is -2.35. The highest BCUT2D eigenvalue weighted by Gasteiger charge is 2.18. The van der Waals surface area contributed by atoms with Crippen LogP contribution in [0.4, 0.5) is 17.3 Å². The first-order valence-corrected chi connectivity index (χ1v) is 12.3. The van der Waals surface area contributed by atoms with Crippen LogP contribution in [0.5, 0.6) is 0 Å². The van der Waals surface area contributed by atoms with Crippen molar-refractivity contribution >= 4 is 39.7 Å². The first-order valence-electron chi connectivity index (χ1n) is 11.4. The van der Waals surface area contributed by atoms with E-state index in [1.165, 1.54) is 11.3 Å². The summed E-state index contributed by atoms with van der Waals surface area (Å²) in [6.07, 6.45) is 2.49. The topological polar surface area (TPSA) is 71.2 Å². The molecule has 1 aliphatic heterocycles. The zero-order valence-electron chi connectivity index (χ0n) is 19.3. The second kappa shape index (κ2) is 8.99. The number of piperazine rings is 1. The third-order valence-corrected chi connectivity index (χ3v) is 6.83. The van der Waals surface area contributed by atoms with Crippen LogP contribution in [-0.2, 0) is 6.54 Å². The van der Waals surface area contributed by atoms with Crippen LogP contribution < -0.4 is 15.8 Å². The van der Waals surface area contributed by atoms with Crippen molar-refractivity contribution < 1.29 is 0 Å². The molecule has 1 N–H and O–H groups in total. The SMILES string of the molecule is CCCn1c(=O)c2cnc(Nc3ccc(N4CCN(C)CC4)c(C)c3)nc2n1-c1ccsc1. The lowest BCUT2D eigenvalue weighted by atomic mass is 10.1. The third kappa shape index (κ3) is 4.14. The average Bonchev–Trinajstić information content (AvgIpc) is 3.42. The molecule has 3 aromatic heterocycles. The number of benzene rings is 1. The van der Waals surface area contributed by atoms with Gasteiger partial charge in [-0.1, -0.05) is 6.92 Å². The summed E-state index contributed by atoms with van der Waals surface area (Å²) in [7, 11) is 2.17. The van der Waals surface area contributed by atoms with Crippen molar-refractivity contribution in [3.8, 4) is 5.69 Å².